The van der Waals surface area contributed by atoms with E-state index in [1.807, 2.05) is 0 Å². The van der Waals surface area contributed by atoms with Crippen LogP contribution in [-0.4, -0.2) is 21.0 Å². The van der Waals surface area contributed by atoms with Gasteiger partial charge in [-0.05, 0) is 6.04 Å². The molecule has 3 heteroatoms. The van der Waals surface area contributed by atoms with Crippen molar-refractivity contribution in [2.75, 3.05) is 13.0 Å². The summed E-state index contributed by atoms with van der Waals surface area (Å²) in [5, 5.41) is 0. The van der Waals surface area contributed by atoms with Crippen LogP contribution >= 0.6 is 9.24 Å². The highest BCUT2D eigenvalue weighted by Gasteiger charge is 2.11. The van der Waals surface area contributed by atoms with Crippen LogP contribution < -0.4 is 0 Å². The summed E-state index contributed by atoms with van der Waals surface area (Å²) in [6.45, 7) is 8.02. The smallest absolute Gasteiger partial charge is 0.0602 e. The van der Waals surface area contributed by atoms with Crippen LogP contribution in [0.3, 0.4) is 0 Å². The summed E-state index contributed by atoms with van der Waals surface area (Å²) in [7, 11) is 1.73. The molecule has 1 atom stereocenters. The quantitative estimate of drug-likeness (QED) is 0.351. The first-order valence-corrected chi connectivity index (χ1v) is 7.86. The Labute approximate surface area is 61.4 Å². The van der Waals surface area contributed by atoms with Gasteiger partial charge in [-0.3, -0.25) is 0 Å². The molecule has 0 bridgehead atoms. The molecule has 1 unspecified atom stereocenters. The Bertz CT molecular complexity index is 69.9. The molecule has 56 valence electrons. The van der Waals surface area contributed by atoms with Gasteiger partial charge in [0.05, 0.1) is 6.35 Å². The molecular formula is C6H17OPSi. The number of hydrogen-bond acceptors (Lipinski definition) is 1. The second-order valence-corrected chi connectivity index (χ2v) is 9.34. The van der Waals surface area contributed by atoms with Gasteiger partial charge in [-0.1, -0.05) is 19.6 Å². The van der Waals surface area contributed by atoms with Crippen LogP contribution in [0.2, 0.25) is 25.7 Å². The highest BCUT2D eigenvalue weighted by Crippen LogP contribution is 2.07. The molecule has 0 radical (unpaired) electrons. The lowest BCUT2D eigenvalue weighted by molar-refractivity contribution is 0.197. The molecule has 0 aliphatic heterocycles. The zero-order valence-corrected chi connectivity index (χ0v) is 8.76. The maximum Gasteiger partial charge on any atom is 0.0602 e. The minimum Gasteiger partial charge on any atom is -0.378 e. The highest BCUT2D eigenvalue weighted by atomic mass is 31.0. The van der Waals surface area contributed by atoms with Gasteiger partial charge >= 0.3 is 0 Å². The molecular weight excluding hydrogens is 147 g/mol. The molecule has 0 aromatic carbocycles. The maximum absolute atomic E-state index is 5.21. The summed E-state index contributed by atoms with van der Waals surface area (Å²) in [4.78, 5) is 0. The maximum atomic E-state index is 5.21. The van der Waals surface area contributed by atoms with Crippen molar-refractivity contribution in [2.45, 2.75) is 25.7 Å². The Morgan fingerprint density at radius 2 is 1.89 bits per heavy atom. The fraction of sp³-hybridized carbons (Fsp3) is 1.00. The molecule has 0 fully saturated rings. The van der Waals surface area contributed by atoms with Crippen LogP contribution in [0.25, 0.3) is 0 Å². The minimum absolute atomic E-state index is 0.782. The zero-order valence-electron chi connectivity index (χ0n) is 6.61. The fourth-order valence-corrected chi connectivity index (χ4v) is 1.39. The molecule has 0 saturated heterocycles. The Morgan fingerprint density at radius 3 is 2.22 bits per heavy atom. The largest absolute Gasteiger partial charge is 0.378 e. The summed E-state index contributed by atoms with van der Waals surface area (Å²) in [6.07, 6.45) is 0.782. The van der Waals surface area contributed by atoms with E-state index in [2.05, 4.69) is 28.9 Å². The van der Waals surface area contributed by atoms with E-state index in [4.69, 9.17) is 4.74 Å². The summed E-state index contributed by atoms with van der Waals surface area (Å²) in [6, 6.07) is 1.28. The predicted octanol–water partition coefficient (Wildman–Crippen LogP) is 2.17. The van der Waals surface area contributed by atoms with Gasteiger partial charge in [-0.2, -0.15) is 0 Å². The number of ether oxygens (including phenoxy) is 1. The first kappa shape index (κ1) is 9.61. The third kappa shape index (κ3) is 8.61. The molecule has 1 nitrogen and oxygen atoms in total. The van der Waals surface area contributed by atoms with Crippen molar-refractivity contribution in [1.82, 2.24) is 0 Å². The van der Waals surface area contributed by atoms with Crippen molar-refractivity contribution in [3.63, 3.8) is 0 Å². The molecule has 0 spiro atoms. The molecule has 0 aliphatic rings. The van der Waals surface area contributed by atoms with Crippen molar-refractivity contribution < 1.29 is 4.74 Å². The van der Waals surface area contributed by atoms with Crippen LogP contribution in [0.1, 0.15) is 0 Å². The van der Waals surface area contributed by atoms with Crippen LogP contribution in [0, 0.1) is 0 Å². The van der Waals surface area contributed by atoms with Crippen molar-refractivity contribution in [3.8, 4) is 0 Å². The highest BCUT2D eigenvalue weighted by molar-refractivity contribution is 7.16. The second kappa shape index (κ2) is 4.43. The lowest BCUT2D eigenvalue weighted by atomic mass is 10.9. The Balaban J connectivity index is 3.07. The van der Waals surface area contributed by atoms with Gasteiger partial charge in [0, 0.05) is 14.7 Å². The van der Waals surface area contributed by atoms with Crippen molar-refractivity contribution in [1.29, 1.82) is 0 Å². The van der Waals surface area contributed by atoms with E-state index < -0.39 is 8.07 Å². The van der Waals surface area contributed by atoms with Gasteiger partial charge in [0.25, 0.3) is 0 Å². The molecule has 0 saturated carbocycles. The zero-order chi connectivity index (χ0) is 7.33. The average Bonchev–Trinajstić information content (AvgIpc) is 1.63. The van der Waals surface area contributed by atoms with E-state index in [0.29, 0.717) is 0 Å². The third-order valence-electron chi connectivity index (χ3n) is 1.11. The Hall–Kier alpha value is 0.607. The first-order valence-electron chi connectivity index (χ1n) is 3.34. The van der Waals surface area contributed by atoms with Crippen LogP contribution in [-0.2, 0) is 4.74 Å². The average molecular weight is 164 g/mol. The lowest BCUT2D eigenvalue weighted by Crippen LogP contribution is -2.21. The molecule has 0 amide bonds. The van der Waals surface area contributed by atoms with Crippen molar-refractivity contribution >= 4 is 17.3 Å². The summed E-state index contributed by atoms with van der Waals surface area (Å²) < 4.78 is 5.21. The summed E-state index contributed by atoms with van der Waals surface area (Å²) >= 11 is 0. The summed E-state index contributed by atoms with van der Waals surface area (Å²) in [5.41, 5.74) is 0. The Morgan fingerprint density at radius 1 is 1.33 bits per heavy atom. The van der Waals surface area contributed by atoms with E-state index in [1.54, 1.807) is 0 Å². The molecule has 0 rings (SSSR count). The van der Waals surface area contributed by atoms with Crippen molar-refractivity contribution in [2.24, 2.45) is 0 Å². The van der Waals surface area contributed by atoms with Gasteiger partial charge in [-0.15, -0.1) is 9.24 Å². The van der Waals surface area contributed by atoms with Crippen LogP contribution in [0.5, 0.6) is 0 Å². The van der Waals surface area contributed by atoms with Gasteiger partial charge < -0.3 is 4.74 Å². The normalized spacial score (nSPS) is 12.0. The van der Waals surface area contributed by atoms with E-state index in [1.165, 1.54) is 6.04 Å². The minimum atomic E-state index is -0.829. The topological polar surface area (TPSA) is 9.23 Å². The van der Waals surface area contributed by atoms with Crippen LogP contribution in [0.15, 0.2) is 0 Å². The monoisotopic (exact) mass is 164 g/mol. The van der Waals surface area contributed by atoms with Gasteiger partial charge in [0.1, 0.15) is 0 Å². The fourth-order valence-electron chi connectivity index (χ4n) is 0.462. The van der Waals surface area contributed by atoms with E-state index in [9.17, 15) is 0 Å². The van der Waals surface area contributed by atoms with Crippen LogP contribution in [0.4, 0.5) is 0 Å². The number of rotatable bonds is 4. The second-order valence-electron chi connectivity index (χ2n) is 3.39. The van der Waals surface area contributed by atoms with E-state index in [-0.39, 0.29) is 0 Å². The first-order chi connectivity index (χ1) is 4.06. The standard InChI is InChI=1S/C6H17OPSi/c1-9(2,3)5-4-7-6-8/h4-6,8H2,1-3H3. The SMILES string of the molecule is C[Si](C)(C)CCOCP. The molecule has 0 N–H and O–H groups in total. The summed E-state index contributed by atoms with van der Waals surface area (Å²) in [5.74, 6) is 0. The molecule has 0 aromatic rings. The van der Waals surface area contributed by atoms with E-state index in [0.717, 1.165) is 13.0 Å². The molecule has 9 heavy (non-hydrogen) atoms. The third-order valence-corrected chi connectivity index (χ3v) is 3.05. The number of hydrogen-bond donors (Lipinski definition) is 0. The van der Waals surface area contributed by atoms with Gasteiger partial charge in [0.2, 0.25) is 0 Å². The van der Waals surface area contributed by atoms with E-state index >= 15 is 0 Å². The molecule has 0 aromatic heterocycles. The predicted molar refractivity (Wildman–Crippen MR) is 48.7 cm³/mol. The Kier molecular flexibility index (Phi) is 4.73. The molecule has 0 heterocycles. The van der Waals surface area contributed by atoms with Gasteiger partial charge in [-0.25, -0.2) is 0 Å². The lowest BCUT2D eigenvalue weighted by Gasteiger charge is -2.14. The molecule has 0 aliphatic carbocycles. The van der Waals surface area contributed by atoms with Gasteiger partial charge in [0.15, 0.2) is 0 Å². The van der Waals surface area contributed by atoms with Crippen molar-refractivity contribution in [3.05, 3.63) is 0 Å².